The third-order valence-corrected chi connectivity index (χ3v) is 1.71. The van der Waals surface area contributed by atoms with Crippen LogP contribution in [0.2, 0.25) is 0 Å². The van der Waals surface area contributed by atoms with Crippen LogP contribution in [0.5, 0.6) is 0 Å². The number of rotatable bonds is 1. The smallest absolute Gasteiger partial charge is 0.250 e. The van der Waals surface area contributed by atoms with Gasteiger partial charge in [0.1, 0.15) is 0 Å². The number of hydrogen-bond acceptors (Lipinski definition) is 0. The fourth-order valence-corrected chi connectivity index (χ4v) is 0.984. The van der Waals surface area contributed by atoms with Crippen LogP contribution in [0.3, 0.4) is 0 Å². The second kappa shape index (κ2) is 3.38. The summed E-state index contributed by atoms with van der Waals surface area (Å²) in [5, 5.41) is 0. The summed E-state index contributed by atoms with van der Waals surface area (Å²) in [5.41, 5.74) is 6.95. The predicted octanol–water partition coefficient (Wildman–Crippen LogP) is 3.05. The van der Waals surface area contributed by atoms with Crippen LogP contribution in [0.25, 0.3) is 0 Å². The van der Waals surface area contributed by atoms with Crippen molar-refractivity contribution in [1.29, 1.82) is 0 Å². The highest BCUT2D eigenvalue weighted by atomic mass is 19.4. The molecular weight excluding hydrogens is 179 g/mol. The zero-order valence-electron chi connectivity index (χ0n) is 7.02. The SMILES string of the molecule is C[C@@H]([NH])c1cccc(C(F)(F)F)c1. The molecular formula is C9H9F3N. The average molecular weight is 188 g/mol. The third-order valence-electron chi connectivity index (χ3n) is 1.71. The van der Waals surface area contributed by atoms with Gasteiger partial charge in [-0.05, 0) is 24.6 Å². The molecule has 0 spiro atoms. The van der Waals surface area contributed by atoms with Crippen molar-refractivity contribution in [1.82, 2.24) is 5.73 Å². The lowest BCUT2D eigenvalue weighted by molar-refractivity contribution is -0.137. The van der Waals surface area contributed by atoms with Gasteiger partial charge < -0.3 is 0 Å². The van der Waals surface area contributed by atoms with Crippen molar-refractivity contribution in [3.05, 3.63) is 35.4 Å². The first kappa shape index (κ1) is 10.1. The molecule has 0 bridgehead atoms. The monoisotopic (exact) mass is 188 g/mol. The highest BCUT2D eigenvalue weighted by Crippen LogP contribution is 2.30. The van der Waals surface area contributed by atoms with Gasteiger partial charge in [0.05, 0.1) is 5.56 Å². The second-order valence-electron chi connectivity index (χ2n) is 2.84. The van der Waals surface area contributed by atoms with Crippen molar-refractivity contribution in [2.75, 3.05) is 0 Å². The average Bonchev–Trinajstić information content (AvgIpc) is 2.03. The standard InChI is InChI=1S/C9H9F3N/c1-6(13)7-3-2-4-8(5-7)9(10,11)12/h2-6,13H,1H3/t6-/m1/s1. The van der Waals surface area contributed by atoms with E-state index in [1.807, 2.05) is 0 Å². The zero-order chi connectivity index (χ0) is 10.1. The molecule has 1 radical (unpaired) electrons. The molecule has 0 heterocycles. The Kier molecular flexibility index (Phi) is 2.61. The van der Waals surface area contributed by atoms with Crippen molar-refractivity contribution in [2.24, 2.45) is 0 Å². The summed E-state index contributed by atoms with van der Waals surface area (Å²) < 4.78 is 36.5. The third kappa shape index (κ3) is 2.45. The van der Waals surface area contributed by atoms with Gasteiger partial charge in [-0.1, -0.05) is 12.1 Å². The summed E-state index contributed by atoms with van der Waals surface area (Å²) in [5.74, 6) is 0. The summed E-state index contributed by atoms with van der Waals surface area (Å²) in [7, 11) is 0. The van der Waals surface area contributed by atoms with Crippen LogP contribution >= 0.6 is 0 Å². The van der Waals surface area contributed by atoms with E-state index in [4.69, 9.17) is 5.73 Å². The van der Waals surface area contributed by atoms with Crippen LogP contribution in [0, 0.1) is 0 Å². The predicted molar refractivity (Wildman–Crippen MR) is 43.0 cm³/mol. The van der Waals surface area contributed by atoms with Crippen molar-refractivity contribution >= 4 is 0 Å². The van der Waals surface area contributed by atoms with Crippen LogP contribution in [0.4, 0.5) is 13.2 Å². The fraction of sp³-hybridized carbons (Fsp3) is 0.333. The number of nitrogens with one attached hydrogen (secondary N) is 1. The van der Waals surface area contributed by atoms with E-state index in [0.717, 1.165) is 12.1 Å². The van der Waals surface area contributed by atoms with E-state index >= 15 is 0 Å². The molecule has 0 aromatic heterocycles. The quantitative estimate of drug-likeness (QED) is 0.646. The van der Waals surface area contributed by atoms with Crippen LogP contribution in [0.15, 0.2) is 24.3 Å². The molecule has 1 nitrogen and oxygen atoms in total. The lowest BCUT2D eigenvalue weighted by Gasteiger charge is -2.09. The molecule has 0 saturated heterocycles. The molecule has 1 N–H and O–H groups in total. The van der Waals surface area contributed by atoms with E-state index < -0.39 is 17.8 Å². The Hall–Kier alpha value is -1.03. The lowest BCUT2D eigenvalue weighted by atomic mass is 10.1. The van der Waals surface area contributed by atoms with E-state index in [0.29, 0.717) is 5.56 Å². The van der Waals surface area contributed by atoms with Crippen molar-refractivity contribution in [3.63, 3.8) is 0 Å². The summed E-state index contributed by atoms with van der Waals surface area (Å²) in [6.07, 6.45) is -4.31. The van der Waals surface area contributed by atoms with Gasteiger partial charge in [-0.3, -0.25) is 5.73 Å². The summed E-state index contributed by atoms with van der Waals surface area (Å²) in [6.45, 7) is 1.54. The molecule has 4 heteroatoms. The van der Waals surface area contributed by atoms with E-state index in [-0.39, 0.29) is 0 Å². The Morgan fingerprint density at radius 1 is 1.31 bits per heavy atom. The van der Waals surface area contributed by atoms with Crippen LogP contribution in [0.1, 0.15) is 24.1 Å². The molecule has 0 unspecified atom stereocenters. The first-order valence-electron chi connectivity index (χ1n) is 3.79. The van der Waals surface area contributed by atoms with Gasteiger partial charge in [-0.15, -0.1) is 0 Å². The maximum atomic E-state index is 12.2. The van der Waals surface area contributed by atoms with Crippen LogP contribution in [-0.4, -0.2) is 0 Å². The van der Waals surface area contributed by atoms with Gasteiger partial charge in [0.15, 0.2) is 0 Å². The number of hydrogen-bond donors (Lipinski definition) is 0. The van der Waals surface area contributed by atoms with Gasteiger partial charge in [0.25, 0.3) is 0 Å². The Labute approximate surface area is 74.4 Å². The van der Waals surface area contributed by atoms with Crippen molar-refractivity contribution in [3.8, 4) is 0 Å². The molecule has 0 amide bonds. The van der Waals surface area contributed by atoms with Gasteiger partial charge in [-0.2, -0.15) is 13.2 Å². The topological polar surface area (TPSA) is 23.8 Å². The minimum Gasteiger partial charge on any atom is -0.250 e. The maximum absolute atomic E-state index is 12.2. The molecule has 1 aromatic rings. The molecule has 13 heavy (non-hydrogen) atoms. The summed E-state index contributed by atoms with van der Waals surface area (Å²) in [4.78, 5) is 0. The molecule has 0 aliphatic carbocycles. The van der Waals surface area contributed by atoms with E-state index in [9.17, 15) is 13.2 Å². The van der Waals surface area contributed by atoms with Gasteiger partial charge in [0, 0.05) is 6.04 Å². The lowest BCUT2D eigenvalue weighted by Crippen LogP contribution is -2.06. The first-order valence-corrected chi connectivity index (χ1v) is 3.79. The normalized spacial score (nSPS) is 14.2. The molecule has 0 saturated carbocycles. The van der Waals surface area contributed by atoms with Crippen LogP contribution < -0.4 is 5.73 Å². The Bertz CT molecular complexity index is 291. The first-order chi connectivity index (χ1) is 5.91. The molecule has 1 aromatic carbocycles. The van der Waals surface area contributed by atoms with E-state index in [1.165, 1.54) is 19.1 Å². The number of halogens is 3. The van der Waals surface area contributed by atoms with Crippen LogP contribution in [-0.2, 0) is 6.18 Å². The molecule has 0 fully saturated rings. The summed E-state index contributed by atoms with van der Waals surface area (Å²) in [6, 6.07) is 4.24. The minimum absolute atomic E-state index is 0.384. The minimum atomic E-state index is -4.31. The van der Waals surface area contributed by atoms with E-state index in [2.05, 4.69) is 0 Å². The van der Waals surface area contributed by atoms with Crippen molar-refractivity contribution < 1.29 is 13.2 Å². The van der Waals surface area contributed by atoms with Gasteiger partial charge >= 0.3 is 6.18 Å². The Morgan fingerprint density at radius 2 is 1.92 bits per heavy atom. The Balaban J connectivity index is 3.06. The molecule has 71 valence electrons. The molecule has 0 aliphatic heterocycles. The van der Waals surface area contributed by atoms with E-state index in [1.54, 1.807) is 0 Å². The number of alkyl halides is 3. The van der Waals surface area contributed by atoms with Gasteiger partial charge in [-0.25, -0.2) is 0 Å². The molecule has 0 aliphatic rings. The Morgan fingerprint density at radius 3 is 2.38 bits per heavy atom. The highest BCUT2D eigenvalue weighted by molar-refractivity contribution is 5.27. The second-order valence-corrected chi connectivity index (χ2v) is 2.84. The maximum Gasteiger partial charge on any atom is 0.416 e. The molecule has 1 atom stereocenters. The number of benzene rings is 1. The zero-order valence-corrected chi connectivity index (χ0v) is 7.02. The van der Waals surface area contributed by atoms with Crippen molar-refractivity contribution in [2.45, 2.75) is 19.1 Å². The highest BCUT2D eigenvalue weighted by Gasteiger charge is 2.30. The summed E-state index contributed by atoms with van der Waals surface area (Å²) >= 11 is 0. The molecule has 1 rings (SSSR count). The fourth-order valence-electron chi connectivity index (χ4n) is 0.984. The largest absolute Gasteiger partial charge is 0.416 e. The van der Waals surface area contributed by atoms with Gasteiger partial charge in [0.2, 0.25) is 0 Å².